The van der Waals surface area contributed by atoms with Gasteiger partial charge < -0.3 is 10.2 Å². The Hall–Kier alpha value is -3.06. The fraction of sp³-hybridized carbons (Fsp3) is 0.0556. The van der Waals surface area contributed by atoms with Crippen LogP contribution in [0.15, 0.2) is 58.4 Å². The van der Waals surface area contributed by atoms with E-state index < -0.39 is 5.97 Å². The van der Waals surface area contributed by atoms with Gasteiger partial charge >= 0.3 is 5.97 Å². The number of phenolic OH excluding ortho intramolecular Hbond substituents is 1. The van der Waals surface area contributed by atoms with Crippen LogP contribution in [0.5, 0.6) is 5.75 Å². The van der Waals surface area contributed by atoms with Crippen molar-refractivity contribution in [3.8, 4) is 5.75 Å². The van der Waals surface area contributed by atoms with E-state index in [1.54, 1.807) is 49.5 Å². The third kappa shape index (κ3) is 3.72. The number of aromatic hydroxyl groups is 1. The minimum Gasteiger partial charge on any atom is -0.508 e. The van der Waals surface area contributed by atoms with Crippen LogP contribution in [0, 0.1) is 0 Å². The van der Waals surface area contributed by atoms with Gasteiger partial charge in [0, 0.05) is 7.05 Å². The standard InChI is InChI=1S/C18H14N2O4S/c1-20-16(22)15(9-11-4-2-7-14(21)8-11)25-18(20)19-13-6-3-5-12(10-13)17(23)24/h2-10,21H,1H3,(H,23,24)/b15-9-,19-18?. The van der Waals surface area contributed by atoms with E-state index in [1.807, 2.05) is 0 Å². The zero-order chi connectivity index (χ0) is 18.0. The Balaban J connectivity index is 1.91. The molecule has 0 saturated carbocycles. The van der Waals surface area contributed by atoms with Crippen molar-refractivity contribution in [1.82, 2.24) is 4.90 Å². The van der Waals surface area contributed by atoms with Gasteiger partial charge in [0.1, 0.15) is 5.75 Å². The topological polar surface area (TPSA) is 90.2 Å². The maximum atomic E-state index is 12.4. The van der Waals surface area contributed by atoms with E-state index in [0.717, 1.165) is 0 Å². The Kier molecular flexibility index (Phi) is 4.58. The normalized spacial score (nSPS) is 17.5. The molecule has 1 aliphatic rings. The van der Waals surface area contributed by atoms with Gasteiger partial charge in [0.2, 0.25) is 0 Å². The number of thioether (sulfide) groups is 1. The van der Waals surface area contributed by atoms with Gasteiger partial charge in [-0.05, 0) is 53.7 Å². The monoisotopic (exact) mass is 354 g/mol. The Bertz CT molecular complexity index is 921. The molecular formula is C18H14N2O4S. The van der Waals surface area contributed by atoms with Crippen LogP contribution in [0.25, 0.3) is 6.08 Å². The molecule has 2 aromatic rings. The Morgan fingerprint density at radius 3 is 2.68 bits per heavy atom. The van der Waals surface area contributed by atoms with Gasteiger partial charge in [-0.3, -0.25) is 9.69 Å². The van der Waals surface area contributed by atoms with E-state index >= 15 is 0 Å². The second-order valence-corrected chi connectivity index (χ2v) is 6.33. The fourth-order valence-corrected chi connectivity index (χ4v) is 3.22. The maximum Gasteiger partial charge on any atom is 0.335 e. The first kappa shape index (κ1) is 16.8. The summed E-state index contributed by atoms with van der Waals surface area (Å²) in [4.78, 5) is 29.7. The third-order valence-corrected chi connectivity index (χ3v) is 4.55. The first-order valence-corrected chi connectivity index (χ1v) is 8.14. The number of carboxylic acids is 1. The average molecular weight is 354 g/mol. The minimum atomic E-state index is -1.03. The molecule has 1 heterocycles. The highest BCUT2D eigenvalue weighted by atomic mass is 32.2. The van der Waals surface area contributed by atoms with Crippen molar-refractivity contribution < 1.29 is 19.8 Å². The van der Waals surface area contributed by atoms with E-state index in [0.29, 0.717) is 21.3 Å². The highest BCUT2D eigenvalue weighted by Gasteiger charge is 2.30. The van der Waals surface area contributed by atoms with Gasteiger partial charge in [0.25, 0.3) is 5.91 Å². The number of rotatable bonds is 3. The fourth-order valence-electron chi connectivity index (χ4n) is 2.24. The number of aromatic carboxylic acids is 1. The second-order valence-electron chi connectivity index (χ2n) is 5.32. The molecule has 0 bridgehead atoms. The summed E-state index contributed by atoms with van der Waals surface area (Å²) in [6, 6.07) is 12.8. The van der Waals surface area contributed by atoms with E-state index in [2.05, 4.69) is 4.99 Å². The van der Waals surface area contributed by atoms with Crippen LogP contribution in [0.2, 0.25) is 0 Å². The lowest BCUT2D eigenvalue weighted by atomic mass is 10.2. The van der Waals surface area contributed by atoms with Crippen molar-refractivity contribution in [3.05, 3.63) is 64.6 Å². The summed E-state index contributed by atoms with van der Waals surface area (Å²) >= 11 is 1.20. The number of benzene rings is 2. The average Bonchev–Trinajstić information content (AvgIpc) is 2.83. The van der Waals surface area contributed by atoms with Crippen LogP contribution >= 0.6 is 11.8 Å². The number of carbonyl (C=O) groups is 2. The third-order valence-electron chi connectivity index (χ3n) is 3.49. The largest absolute Gasteiger partial charge is 0.508 e. The summed E-state index contributed by atoms with van der Waals surface area (Å²) in [6.45, 7) is 0. The van der Waals surface area contributed by atoms with Crippen molar-refractivity contribution >= 4 is 40.6 Å². The van der Waals surface area contributed by atoms with Crippen molar-refractivity contribution in [2.24, 2.45) is 4.99 Å². The van der Waals surface area contributed by atoms with Gasteiger partial charge in [0.15, 0.2) is 5.17 Å². The summed E-state index contributed by atoms with van der Waals surface area (Å²) in [5.74, 6) is -1.12. The molecule has 6 nitrogen and oxygen atoms in total. The molecule has 1 fully saturated rings. The summed E-state index contributed by atoms with van der Waals surface area (Å²) in [6.07, 6.45) is 1.68. The molecule has 0 aromatic heterocycles. The molecule has 3 rings (SSSR count). The number of carboxylic acid groups (broad SMARTS) is 1. The lowest BCUT2D eigenvalue weighted by Crippen LogP contribution is -2.23. The highest BCUT2D eigenvalue weighted by Crippen LogP contribution is 2.33. The highest BCUT2D eigenvalue weighted by molar-refractivity contribution is 8.18. The zero-order valence-corrected chi connectivity index (χ0v) is 14.0. The van der Waals surface area contributed by atoms with Crippen molar-refractivity contribution in [3.63, 3.8) is 0 Å². The van der Waals surface area contributed by atoms with Crippen LogP contribution in [-0.2, 0) is 4.79 Å². The lowest BCUT2D eigenvalue weighted by molar-refractivity contribution is -0.121. The molecule has 0 spiro atoms. The molecule has 1 saturated heterocycles. The smallest absolute Gasteiger partial charge is 0.335 e. The molecule has 0 aliphatic carbocycles. The number of phenols is 1. The number of carbonyl (C=O) groups excluding carboxylic acids is 1. The molecular weight excluding hydrogens is 340 g/mol. The quantitative estimate of drug-likeness (QED) is 0.825. The molecule has 0 radical (unpaired) electrons. The molecule has 2 N–H and O–H groups in total. The van der Waals surface area contributed by atoms with E-state index in [1.165, 1.54) is 28.8 Å². The first-order chi connectivity index (χ1) is 11.9. The second kappa shape index (κ2) is 6.82. The van der Waals surface area contributed by atoms with Crippen molar-refractivity contribution in [2.45, 2.75) is 0 Å². The predicted octanol–water partition coefficient (Wildman–Crippen LogP) is 3.32. The van der Waals surface area contributed by atoms with Crippen LogP contribution in [-0.4, -0.2) is 39.2 Å². The number of aliphatic imine (C=N–C) groups is 1. The van der Waals surface area contributed by atoms with Crippen LogP contribution in [0.3, 0.4) is 0 Å². The number of hydrogen-bond donors (Lipinski definition) is 2. The lowest BCUT2D eigenvalue weighted by Gasteiger charge is -2.07. The number of amides is 1. The van der Waals surface area contributed by atoms with Gasteiger partial charge in [-0.25, -0.2) is 9.79 Å². The molecule has 7 heteroatoms. The predicted molar refractivity (Wildman–Crippen MR) is 96.9 cm³/mol. The van der Waals surface area contributed by atoms with E-state index in [4.69, 9.17) is 5.11 Å². The first-order valence-electron chi connectivity index (χ1n) is 7.33. The molecule has 2 aromatic carbocycles. The SMILES string of the molecule is CN1C(=O)/C(=C/c2cccc(O)c2)SC1=Nc1cccc(C(=O)O)c1. The number of hydrogen-bond acceptors (Lipinski definition) is 5. The van der Waals surface area contributed by atoms with Gasteiger partial charge in [-0.2, -0.15) is 0 Å². The van der Waals surface area contributed by atoms with E-state index in [9.17, 15) is 14.7 Å². The summed E-state index contributed by atoms with van der Waals surface area (Å²) < 4.78 is 0. The number of likely N-dealkylation sites (N-methyl/N-ethyl adjacent to an activating group) is 1. The summed E-state index contributed by atoms with van der Waals surface area (Å²) in [7, 11) is 1.61. The van der Waals surface area contributed by atoms with Gasteiger partial charge in [0.05, 0.1) is 16.2 Å². The zero-order valence-electron chi connectivity index (χ0n) is 13.2. The Morgan fingerprint density at radius 2 is 1.96 bits per heavy atom. The maximum absolute atomic E-state index is 12.4. The molecule has 1 aliphatic heterocycles. The molecule has 0 atom stereocenters. The summed E-state index contributed by atoms with van der Waals surface area (Å²) in [5, 5.41) is 19.0. The molecule has 25 heavy (non-hydrogen) atoms. The Labute approximate surface area is 148 Å². The number of amidine groups is 1. The van der Waals surface area contributed by atoms with Crippen LogP contribution in [0.4, 0.5) is 5.69 Å². The van der Waals surface area contributed by atoms with E-state index in [-0.39, 0.29) is 17.2 Å². The van der Waals surface area contributed by atoms with Crippen molar-refractivity contribution in [1.29, 1.82) is 0 Å². The Morgan fingerprint density at radius 1 is 1.20 bits per heavy atom. The molecule has 126 valence electrons. The summed E-state index contributed by atoms with van der Waals surface area (Å²) in [5.41, 5.74) is 1.30. The minimum absolute atomic E-state index is 0.123. The van der Waals surface area contributed by atoms with Crippen LogP contribution < -0.4 is 0 Å². The van der Waals surface area contributed by atoms with Gasteiger partial charge in [-0.15, -0.1) is 0 Å². The molecule has 0 unspecified atom stereocenters. The molecule has 1 amide bonds. The van der Waals surface area contributed by atoms with Crippen LogP contribution in [0.1, 0.15) is 15.9 Å². The van der Waals surface area contributed by atoms with Crippen molar-refractivity contribution in [2.75, 3.05) is 7.05 Å². The van der Waals surface area contributed by atoms with Gasteiger partial charge in [-0.1, -0.05) is 18.2 Å². The number of nitrogens with zero attached hydrogens (tertiary/aromatic N) is 2.